The molecule has 2 amide bonds. The zero-order valence-corrected chi connectivity index (χ0v) is 10.7. The van der Waals surface area contributed by atoms with Crippen molar-refractivity contribution in [3.8, 4) is 0 Å². The third-order valence-corrected chi connectivity index (χ3v) is 2.50. The first-order valence-electron chi connectivity index (χ1n) is 5.58. The van der Waals surface area contributed by atoms with Crippen LogP contribution in [0.5, 0.6) is 0 Å². The van der Waals surface area contributed by atoms with Gasteiger partial charge in [0.05, 0.1) is 0 Å². The van der Waals surface area contributed by atoms with Crippen LogP contribution in [0.25, 0.3) is 0 Å². The average molecular weight is 271 g/mol. The van der Waals surface area contributed by atoms with Gasteiger partial charge in [-0.05, 0) is 24.6 Å². The number of amides is 2. The monoisotopic (exact) mass is 270 g/mol. The Morgan fingerprint density at radius 1 is 1.44 bits per heavy atom. The molecule has 0 aliphatic carbocycles. The summed E-state index contributed by atoms with van der Waals surface area (Å²) in [5.41, 5.74) is 0.514. The molecule has 0 saturated heterocycles. The molecule has 1 atom stereocenters. The van der Waals surface area contributed by atoms with Gasteiger partial charge in [-0.3, -0.25) is 0 Å². The van der Waals surface area contributed by atoms with E-state index in [1.165, 1.54) is 0 Å². The summed E-state index contributed by atoms with van der Waals surface area (Å²) in [6.45, 7) is 1.85. The highest BCUT2D eigenvalue weighted by Gasteiger charge is 2.18. The molecule has 0 aliphatic rings. The van der Waals surface area contributed by atoms with Gasteiger partial charge in [-0.1, -0.05) is 31.0 Å². The zero-order chi connectivity index (χ0) is 13.5. The smallest absolute Gasteiger partial charge is 0.326 e. The predicted molar refractivity (Wildman–Crippen MR) is 69.9 cm³/mol. The lowest BCUT2D eigenvalue weighted by atomic mass is 10.2. The topological polar surface area (TPSA) is 78.4 Å². The standard InChI is InChI=1S/C12H15ClN2O3/c1-2-4-10(11(16)17)15-12(18)14-9-6-3-5-8(13)7-9/h3,5-7,10H,2,4H2,1H3,(H,16,17)(H2,14,15,18)/t10-/m1/s1. The number of halogens is 1. The van der Waals surface area contributed by atoms with Gasteiger partial charge in [-0.2, -0.15) is 0 Å². The summed E-state index contributed by atoms with van der Waals surface area (Å²) in [6, 6.07) is 5.19. The molecule has 0 spiro atoms. The number of nitrogens with one attached hydrogen (secondary N) is 2. The minimum absolute atomic E-state index is 0.387. The molecule has 0 aliphatic heterocycles. The van der Waals surface area contributed by atoms with Crippen LogP contribution in [-0.2, 0) is 4.79 Å². The average Bonchev–Trinajstić information content (AvgIpc) is 2.28. The van der Waals surface area contributed by atoms with Crippen molar-refractivity contribution in [3.63, 3.8) is 0 Å². The lowest BCUT2D eigenvalue weighted by Crippen LogP contribution is -2.42. The highest BCUT2D eigenvalue weighted by Crippen LogP contribution is 2.14. The van der Waals surface area contributed by atoms with Gasteiger partial charge in [0.2, 0.25) is 0 Å². The van der Waals surface area contributed by atoms with E-state index in [0.29, 0.717) is 23.6 Å². The van der Waals surface area contributed by atoms with E-state index in [1.807, 2.05) is 6.92 Å². The van der Waals surface area contributed by atoms with Crippen LogP contribution in [-0.4, -0.2) is 23.1 Å². The summed E-state index contributed by atoms with van der Waals surface area (Å²) in [5, 5.41) is 14.3. The van der Waals surface area contributed by atoms with Gasteiger partial charge in [0.1, 0.15) is 6.04 Å². The second kappa shape index (κ2) is 6.86. The van der Waals surface area contributed by atoms with E-state index in [4.69, 9.17) is 16.7 Å². The fourth-order valence-corrected chi connectivity index (χ4v) is 1.63. The molecule has 18 heavy (non-hydrogen) atoms. The van der Waals surface area contributed by atoms with Crippen molar-refractivity contribution in [1.29, 1.82) is 0 Å². The van der Waals surface area contributed by atoms with Gasteiger partial charge in [0, 0.05) is 10.7 Å². The quantitative estimate of drug-likeness (QED) is 0.770. The molecular weight excluding hydrogens is 256 g/mol. The van der Waals surface area contributed by atoms with Crippen LogP contribution in [0, 0.1) is 0 Å². The summed E-state index contributed by atoms with van der Waals surface area (Å²) in [7, 11) is 0. The number of carbonyl (C=O) groups excluding carboxylic acids is 1. The molecule has 0 saturated carbocycles. The molecule has 0 radical (unpaired) electrons. The fraction of sp³-hybridized carbons (Fsp3) is 0.333. The van der Waals surface area contributed by atoms with Crippen molar-refractivity contribution in [1.82, 2.24) is 5.32 Å². The van der Waals surface area contributed by atoms with Gasteiger partial charge < -0.3 is 15.7 Å². The molecular formula is C12H15ClN2O3. The number of aliphatic carboxylic acids is 1. The SMILES string of the molecule is CCC[C@@H](NC(=O)Nc1cccc(Cl)c1)C(=O)O. The van der Waals surface area contributed by atoms with Crippen molar-refractivity contribution >= 4 is 29.3 Å². The van der Waals surface area contributed by atoms with E-state index in [2.05, 4.69) is 10.6 Å². The largest absolute Gasteiger partial charge is 0.480 e. The van der Waals surface area contributed by atoms with Crippen LogP contribution in [0.1, 0.15) is 19.8 Å². The molecule has 1 aromatic rings. The third-order valence-electron chi connectivity index (χ3n) is 2.26. The molecule has 1 rings (SSSR count). The first-order chi connectivity index (χ1) is 8.52. The van der Waals surface area contributed by atoms with E-state index in [1.54, 1.807) is 24.3 Å². The van der Waals surface area contributed by atoms with Gasteiger partial charge in [0.25, 0.3) is 0 Å². The molecule has 0 bridgehead atoms. The number of rotatable bonds is 5. The summed E-state index contributed by atoms with van der Waals surface area (Å²) in [5.74, 6) is -1.04. The van der Waals surface area contributed by atoms with E-state index in [0.717, 1.165) is 0 Å². The Morgan fingerprint density at radius 2 is 2.17 bits per heavy atom. The molecule has 0 heterocycles. The first-order valence-corrected chi connectivity index (χ1v) is 5.96. The molecule has 98 valence electrons. The minimum Gasteiger partial charge on any atom is -0.480 e. The maximum absolute atomic E-state index is 11.6. The van der Waals surface area contributed by atoms with E-state index >= 15 is 0 Å². The van der Waals surface area contributed by atoms with Crippen molar-refractivity contribution in [3.05, 3.63) is 29.3 Å². The van der Waals surface area contributed by atoms with Crippen LogP contribution in [0.15, 0.2) is 24.3 Å². The second-order valence-electron chi connectivity index (χ2n) is 3.79. The Labute approximate surface area is 110 Å². The normalized spacial score (nSPS) is 11.7. The van der Waals surface area contributed by atoms with Crippen molar-refractivity contribution in [2.75, 3.05) is 5.32 Å². The number of carboxylic acids is 1. The summed E-state index contributed by atoms with van der Waals surface area (Å²) < 4.78 is 0. The lowest BCUT2D eigenvalue weighted by Gasteiger charge is -2.14. The van der Waals surface area contributed by atoms with Gasteiger partial charge in [-0.25, -0.2) is 9.59 Å². The number of hydrogen-bond donors (Lipinski definition) is 3. The number of benzene rings is 1. The van der Waals surface area contributed by atoms with Crippen LogP contribution in [0.4, 0.5) is 10.5 Å². The molecule has 5 nitrogen and oxygen atoms in total. The Morgan fingerprint density at radius 3 is 2.72 bits per heavy atom. The number of anilines is 1. The Kier molecular flexibility index (Phi) is 5.45. The van der Waals surface area contributed by atoms with E-state index < -0.39 is 18.0 Å². The maximum atomic E-state index is 11.6. The first kappa shape index (κ1) is 14.3. The Hall–Kier alpha value is -1.75. The molecule has 0 unspecified atom stereocenters. The molecule has 3 N–H and O–H groups in total. The highest BCUT2D eigenvalue weighted by atomic mass is 35.5. The lowest BCUT2D eigenvalue weighted by molar-refractivity contribution is -0.139. The van der Waals surface area contributed by atoms with E-state index in [9.17, 15) is 9.59 Å². The van der Waals surface area contributed by atoms with Gasteiger partial charge >= 0.3 is 12.0 Å². The number of carboxylic acid groups (broad SMARTS) is 1. The Balaban J connectivity index is 2.57. The van der Waals surface area contributed by atoms with Gasteiger partial charge in [-0.15, -0.1) is 0 Å². The second-order valence-corrected chi connectivity index (χ2v) is 4.22. The molecule has 1 aromatic carbocycles. The van der Waals surface area contributed by atoms with Crippen LogP contribution in [0.2, 0.25) is 5.02 Å². The molecule has 0 aromatic heterocycles. The predicted octanol–water partition coefficient (Wildman–Crippen LogP) is 2.71. The fourth-order valence-electron chi connectivity index (χ4n) is 1.44. The highest BCUT2D eigenvalue weighted by molar-refractivity contribution is 6.30. The zero-order valence-electron chi connectivity index (χ0n) is 9.94. The minimum atomic E-state index is -1.04. The van der Waals surface area contributed by atoms with E-state index in [-0.39, 0.29) is 0 Å². The summed E-state index contributed by atoms with van der Waals surface area (Å²) >= 11 is 5.77. The molecule has 6 heteroatoms. The summed E-state index contributed by atoms with van der Waals surface area (Å²) in [4.78, 5) is 22.5. The van der Waals surface area contributed by atoms with Crippen molar-refractivity contribution in [2.45, 2.75) is 25.8 Å². The molecule has 0 fully saturated rings. The van der Waals surface area contributed by atoms with Crippen LogP contribution >= 0.6 is 11.6 Å². The van der Waals surface area contributed by atoms with Gasteiger partial charge in [0.15, 0.2) is 0 Å². The number of carbonyl (C=O) groups is 2. The van der Waals surface area contributed by atoms with Crippen LogP contribution < -0.4 is 10.6 Å². The van der Waals surface area contributed by atoms with Crippen molar-refractivity contribution < 1.29 is 14.7 Å². The third kappa shape index (κ3) is 4.63. The summed E-state index contributed by atoms with van der Waals surface area (Å²) in [6.07, 6.45) is 1.06. The maximum Gasteiger partial charge on any atom is 0.326 e. The van der Waals surface area contributed by atoms with Crippen molar-refractivity contribution in [2.24, 2.45) is 0 Å². The number of urea groups is 1. The van der Waals surface area contributed by atoms with Crippen LogP contribution in [0.3, 0.4) is 0 Å². The Bertz CT molecular complexity index is 437. The number of hydrogen-bond acceptors (Lipinski definition) is 2.